The summed E-state index contributed by atoms with van der Waals surface area (Å²) < 4.78 is 5.02. The number of nitrogens with one attached hydrogen (secondary N) is 1. The van der Waals surface area contributed by atoms with Gasteiger partial charge in [-0.05, 0) is 17.5 Å². The van der Waals surface area contributed by atoms with Crippen LogP contribution in [0.4, 0.5) is 5.82 Å². The van der Waals surface area contributed by atoms with Crippen molar-refractivity contribution >= 4 is 16.6 Å². The van der Waals surface area contributed by atoms with E-state index in [0.717, 1.165) is 35.1 Å². The highest BCUT2D eigenvalue weighted by Gasteiger charge is 2.21. The molecule has 3 aromatic rings. The minimum atomic E-state index is 0.469. The summed E-state index contributed by atoms with van der Waals surface area (Å²) in [4.78, 5) is 8.78. The summed E-state index contributed by atoms with van der Waals surface area (Å²) in [5.41, 5.74) is 8.07. The summed E-state index contributed by atoms with van der Waals surface area (Å²) in [5, 5.41) is 9.20. The molecule has 2 aromatic heterocycles. The SMILES string of the molecule is Cc1nc(-c2ccc3cc(C4CNC4)nc(N)c3c2)no1. The minimum absolute atomic E-state index is 0.469. The molecule has 4 rings (SSSR count). The largest absolute Gasteiger partial charge is 0.383 e. The van der Waals surface area contributed by atoms with Crippen LogP contribution in [0.3, 0.4) is 0 Å². The average Bonchev–Trinajstić information content (AvgIpc) is 2.83. The van der Waals surface area contributed by atoms with Crippen LogP contribution < -0.4 is 11.1 Å². The molecular weight excluding hydrogens is 266 g/mol. The van der Waals surface area contributed by atoms with E-state index in [0.29, 0.717) is 23.5 Å². The molecule has 106 valence electrons. The Balaban J connectivity index is 1.82. The van der Waals surface area contributed by atoms with Gasteiger partial charge in [0, 0.05) is 42.6 Å². The first-order chi connectivity index (χ1) is 10.2. The zero-order chi connectivity index (χ0) is 14.4. The second-order valence-corrected chi connectivity index (χ2v) is 5.36. The van der Waals surface area contributed by atoms with Crippen LogP contribution in [0.1, 0.15) is 17.5 Å². The molecule has 1 fully saturated rings. The van der Waals surface area contributed by atoms with Crippen molar-refractivity contribution in [2.45, 2.75) is 12.8 Å². The smallest absolute Gasteiger partial charge is 0.223 e. The van der Waals surface area contributed by atoms with Crippen molar-refractivity contribution in [2.75, 3.05) is 18.8 Å². The van der Waals surface area contributed by atoms with E-state index in [1.807, 2.05) is 18.2 Å². The van der Waals surface area contributed by atoms with Crippen LogP contribution in [0.25, 0.3) is 22.2 Å². The average molecular weight is 281 g/mol. The molecule has 6 heteroatoms. The number of anilines is 1. The van der Waals surface area contributed by atoms with Crippen LogP contribution in [0.2, 0.25) is 0 Å². The first-order valence-corrected chi connectivity index (χ1v) is 6.92. The molecule has 1 saturated heterocycles. The molecule has 3 N–H and O–H groups in total. The van der Waals surface area contributed by atoms with Crippen molar-refractivity contribution < 1.29 is 4.52 Å². The van der Waals surface area contributed by atoms with Crippen molar-refractivity contribution in [1.29, 1.82) is 0 Å². The molecular formula is C15H15N5O. The quantitative estimate of drug-likeness (QED) is 0.745. The van der Waals surface area contributed by atoms with Gasteiger partial charge in [0.15, 0.2) is 0 Å². The van der Waals surface area contributed by atoms with Crippen molar-refractivity contribution in [3.63, 3.8) is 0 Å². The number of aromatic nitrogens is 3. The number of nitrogens with two attached hydrogens (primary N) is 1. The molecule has 6 nitrogen and oxygen atoms in total. The van der Waals surface area contributed by atoms with Crippen LogP contribution in [0, 0.1) is 6.92 Å². The van der Waals surface area contributed by atoms with Gasteiger partial charge in [0.05, 0.1) is 0 Å². The third-order valence-corrected chi connectivity index (χ3v) is 3.87. The minimum Gasteiger partial charge on any atom is -0.383 e. The van der Waals surface area contributed by atoms with E-state index in [1.54, 1.807) is 6.92 Å². The predicted molar refractivity (Wildman–Crippen MR) is 79.8 cm³/mol. The van der Waals surface area contributed by atoms with E-state index in [4.69, 9.17) is 10.3 Å². The Labute approximate surface area is 121 Å². The van der Waals surface area contributed by atoms with Gasteiger partial charge in [-0.3, -0.25) is 0 Å². The van der Waals surface area contributed by atoms with Gasteiger partial charge in [0.25, 0.3) is 0 Å². The highest BCUT2D eigenvalue weighted by molar-refractivity contribution is 5.94. The Morgan fingerprint density at radius 3 is 2.76 bits per heavy atom. The molecule has 0 amide bonds. The van der Waals surface area contributed by atoms with Crippen molar-refractivity contribution in [2.24, 2.45) is 0 Å². The second kappa shape index (κ2) is 4.53. The van der Waals surface area contributed by atoms with Gasteiger partial charge in [0.2, 0.25) is 11.7 Å². The second-order valence-electron chi connectivity index (χ2n) is 5.36. The summed E-state index contributed by atoms with van der Waals surface area (Å²) >= 11 is 0. The van der Waals surface area contributed by atoms with Crippen LogP contribution in [-0.2, 0) is 0 Å². The Hall–Kier alpha value is -2.47. The molecule has 1 aliphatic heterocycles. The lowest BCUT2D eigenvalue weighted by molar-refractivity contribution is 0.394. The number of benzene rings is 1. The van der Waals surface area contributed by atoms with E-state index in [9.17, 15) is 0 Å². The van der Waals surface area contributed by atoms with E-state index >= 15 is 0 Å². The third-order valence-electron chi connectivity index (χ3n) is 3.87. The van der Waals surface area contributed by atoms with Crippen LogP contribution in [-0.4, -0.2) is 28.2 Å². The van der Waals surface area contributed by atoms with Gasteiger partial charge in [0.1, 0.15) is 5.82 Å². The van der Waals surface area contributed by atoms with Gasteiger partial charge >= 0.3 is 0 Å². The molecule has 1 aliphatic rings. The maximum absolute atomic E-state index is 6.13. The van der Waals surface area contributed by atoms with Crippen LogP contribution >= 0.6 is 0 Å². The summed E-state index contributed by atoms with van der Waals surface area (Å²) in [6.45, 7) is 3.71. The van der Waals surface area contributed by atoms with Crippen molar-refractivity contribution in [3.05, 3.63) is 35.9 Å². The Morgan fingerprint density at radius 1 is 1.24 bits per heavy atom. The predicted octanol–water partition coefficient (Wildman–Crippen LogP) is 1.86. The number of aryl methyl sites for hydroxylation is 1. The summed E-state index contributed by atoms with van der Waals surface area (Å²) in [6.07, 6.45) is 0. The maximum atomic E-state index is 6.13. The molecule has 3 heterocycles. The van der Waals surface area contributed by atoms with Gasteiger partial charge in [-0.25, -0.2) is 4.98 Å². The highest BCUT2D eigenvalue weighted by Crippen LogP contribution is 2.29. The Bertz CT molecular complexity index is 822. The molecule has 0 bridgehead atoms. The fourth-order valence-electron chi connectivity index (χ4n) is 2.56. The zero-order valence-electron chi connectivity index (χ0n) is 11.6. The lowest BCUT2D eigenvalue weighted by atomic mass is 9.96. The van der Waals surface area contributed by atoms with E-state index in [-0.39, 0.29) is 0 Å². The fraction of sp³-hybridized carbons (Fsp3) is 0.267. The number of rotatable bonds is 2. The Morgan fingerprint density at radius 2 is 2.10 bits per heavy atom. The molecule has 0 radical (unpaired) electrons. The van der Waals surface area contributed by atoms with Gasteiger partial charge in [-0.15, -0.1) is 0 Å². The lowest BCUT2D eigenvalue weighted by Gasteiger charge is -2.27. The first kappa shape index (κ1) is 12.3. The van der Waals surface area contributed by atoms with Crippen LogP contribution in [0.15, 0.2) is 28.8 Å². The third kappa shape index (κ3) is 2.04. The number of hydrogen-bond donors (Lipinski definition) is 2. The summed E-state index contributed by atoms with van der Waals surface area (Å²) in [6, 6.07) is 8.09. The molecule has 0 atom stereocenters. The molecule has 1 aromatic carbocycles. The molecule has 0 unspecified atom stereocenters. The number of hydrogen-bond acceptors (Lipinski definition) is 6. The normalized spacial score (nSPS) is 15.3. The standard InChI is InChI=1S/C15H15N5O/c1-8-18-15(20-21-8)10-3-2-9-5-13(11-6-17-7-11)19-14(16)12(9)4-10/h2-5,11,17H,6-7H2,1H3,(H2,16,19). The molecule has 0 spiro atoms. The van der Waals surface area contributed by atoms with Gasteiger partial charge in [-0.2, -0.15) is 4.98 Å². The molecule has 21 heavy (non-hydrogen) atoms. The van der Waals surface area contributed by atoms with Crippen molar-refractivity contribution in [3.8, 4) is 11.4 Å². The first-order valence-electron chi connectivity index (χ1n) is 6.92. The van der Waals surface area contributed by atoms with Crippen molar-refractivity contribution in [1.82, 2.24) is 20.4 Å². The van der Waals surface area contributed by atoms with Gasteiger partial charge in [-0.1, -0.05) is 17.3 Å². The topological polar surface area (TPSA) is 89.9 Å². The summed E-state index contributed by atoms with van der Waals surface area (Å²) in [7, 11) is 0. The number of fused-ring (bicyclic) bond motifs is 1. The monoisotopic (exact) mass is 281 g/mol. The van der Waals surface area contributed by atoms with Crippen LogP contribution in [0.5, 0.6) is 0 Å². The number of nitrogen functional groups attached to an aromatic ring is 1. The number of pyridine rings is 1. The highest BCUT2D eigenvalue weighted by atomic mass is 16.5. The number of nitrogens with zero attached hydrogens (tertiary/aromatic N) is 3. The van der Waals surface area contributed by atoms with E-state index in [1.165, 1.54) is 0 Å². The molecule has 0 saturated carbocycles. The van der Waals surface area contributed by atoms with E-state index < -0.39 is 0 Å². The Kier molecular flexibility index (Phi) is 2.65. The maximum Gasteiger partial charge on any atom is 0.223 e. The van der Waals surface area contributed by atoms with Gasteiger partial charge < -0.3 is 15.6 Å². The fourth-order valence-corrected chi connectivity index (χ4v) is 2.56. The van der Waals surface area contributed by atoms with E-state index in [2.05, 4.69) is 26.5 Å². The molecule has 0 aliphatic carbocycles. The lowest BCUT2D eigenvalue weighted by Crippen LogP contribution is -2.40. The zero-order valence-corrected chi connectivity index (χ0v) is 11.6. The summed E-state index contributed by atoms with van der Waals surface area (Å²) in [5.74, 6) is 2.14.